The number of methoxy groups -OCH3 is 1. The lowest BCUT2D eigenvalue weighted by atomic mass is 10.1. The van der Waals surface area contributed by atoms with Crippen molar-refractivity contribution in [3.8, 4) is 11.5 Å². The summed E-state index contributed by atoms with van der Waals surface area (Å²) in [5.41, 5.74) is 5.01. The topological polar surface area (TPSA) is 85.9 Å². The summed E-state index contributed by atoms with van der Waals surface area (Å²) in [5.74, 6) is 0.00661. The minimum Gasteiger partial charge on any atom is -0.490 e. The standard InChI is InChI=1S/C22H22N2O5/c1-27-12-13-28-20-9-5-4-8-19(20)22(26)24-23-21(25)15-29-18-11-10-16-6-2-3-7-17(16)14-18/h2-11,14H,12-13,15H2,1H3,(H,23,25)(H,24,26). The fourth-order valence-corrected chi connectivity index (χ4v) is 2.65. The Labute approximate surface area is 168 Å². The fraction of sp³-hybridized carbons (Fsp3) is 0.182. The smallest absolute Gasteiger partial charge is 0.276 e. The first-order valence-corrected chi connectivity index (χ1v) is 9.09. The molecule has 3 aromatic rings. The molecular formula is C22H22N2O5. The van der Waals surface area contributed by atoms with Crippen molar-refractivity contribution in [2.24, 2.45) is 0 Å². The van der Waals surface area contributed by atoms with Crippen molar-refractivity contribution < 1.29 is 23.8 Å². The molecular weight excluding hydrogens is 372 g/mol. The number of hydrazine groups is 1. The Balaban J connectivity index is 1.50. The van der Waals surface area contributed by atoms with Crippen LogP contribution in [-0.4, -0.2) is 38.7 Å². The van der Waals surface area contributed by atoms with E-state index < -0.39 is 11.8 Å². The van der Waals surface area contributed by atoms with E-state index in [1.807, 2.05) is 36.4 Å². The van der Waals surface area contributed by atoms with Crippen LogP contribution >= 0.6 is 0 Å². The number of ether oxygens (including phenoxy) is 3. The Hall–Kier alpha value is -3.58. The Morgan fingerprint density at radius 1 is 0.828 bits per heavy atom. The van der Waals surface area contributed by atoms with E-state index in [1.54, 1.807) is 37.4 Å². The number of carbonyl (C=O) groups is 2. The van der Waals surface area contributed by atoms with Gasteiger partial charge in [0.05, 0.1) is 12.2 Å². The molecule has 7 nitrogen and oxygen atoms in total. The molecule has 0 atom stereocenters. The lowest BCUT2D eigenvalue weighted by molar-refractivity contribution is -0.123. The van der Waals surface area contributed by atoms with Crippen molar-refractivity contribution in [1.29, 1.82) is 0 Å². The van der Waals surface area contributed by atoms with Gasteiger partial charge in [-0.3, -0.25) is 20.4 Å². The van der Waals surface area contributed by atoms with E-state index >= 15 is 0 Å². The van der Waals surface area contributed by atoms with Gasteiger partial charge in [0, 0.05) is 7.11 Å². The third kappa shape index (κ3) is 5.70. The predicted octanol–water partition coefficient (Wildman–Crippen LogP) is 2.71. The number of benzene rings is 3. The van der Waals surface area contributed by atoms with Crippen LogP contribution in [0.2, 0.25) is 0 Å². The number of rotatable bonds is 8. The Morgan fingerprint density at radius 3 is 2.41 bits per heavy atom. The highest BCUT2D eigenvalue weighted by Crippen LogP contribution is 2.20. The maximum Gasteiger partial charge on any atom is 0.276 e. The Morgan fingerprint density at radius 2 is 1.59 bits per heavy atom. The highest BCUT2D eigenvalue weighted by atomic mass is 16.5. The lowest BCUT2D eigenvalue weighted by Crippen LogP contribution is -2.43. The molecule has 0 saturated heterocycles. The zero-order valence-corrected chi connectivity index (χ0v) is 16.0. The third-order valence-electron chi connectivity index (χ3n) is 4.08. The normalized spacial score (nSPS) is 10.4. The van der Waals surface area contributed by atoms with Gasteiger partial charge in [0.2, 0.25) is 0 Å². The number of hydrogen-bond donors (Lipinski definition) is 2. The molecule has 0 spiro atoms. The van der Waals surface area contributed by atoms with Gasteiger partial charge in [0.15, 0.2) is 6.61 Å². The summed E-state index contributed by atoms with van der Waals surface area (Å²) >= 11 is 0. The van der Waals surface area contributed by atoms with E-state index in [9.17, 15) is 9.59 Å². The van der Waals surface area contributed by atoms with Crippen LogP contribution in [-0.2, 0) is 9.53 Å². The summed E-state index contributed by atoms with van der Waals surface area (Å²) in [4.78, 5) is 24.4. The molecule has 0 heterocycles. The first-order chi connectivity index (χ1) is 14.2. The third-order valence-corrected chi connectivity index (χ3v) is 4.08. The average molecular weight is 394 g/mol. The van der Waals surface area contributed by atoms with Crippen molar-refractivity contribution in [3.05, 3.63) is 72.3 Å². The van der Waals surface area contributed by atoms with Gasteiger partial charge in [-0.05, 0) is 35.0 Å². The molecule has 7 heteroatoms. The number of nitrogens with one attached hydrogen (secondary N) is 2. The van der Waals surface area contributed by atoms with Crippen LogP contribution in [0.25, 0.3) is 10.8 Å². The fourth-order valence-electron chi connectivity index (χ4n) is 2.65. The molecule has 0 radical (unpaired) electrons. The van der Waals surface area contributed by atoms with E-state index in [0.29, 0.717) is 30.3 Å². The summed E-state index contributed by atoms with van der Waals surface area (Å²) in [6.07, 6.45) is 0. The second-order valence-corrected chi connectivity index (χ2v) is 6.14. The number of hydrogen-bond acceptors (Lipinski definition) is 5. The quantitative estimate of drug-likeness (QED) is 0.453. The Kier molecular flexibility index (Phi) is 7.02. The molecule has 3 aromatic carbocycles. The highest BCUT2D eigenvalue weighted by Gasteiger charge is 2.13. The molecule has 2 N–H and O–H groups in total. The van der Waals surface area contributed by atoms with Crippen molar-refractivity contribution >= 4 is 22.6 Å². The first-order valence-electron chi connectivity index (χ1n) is 9.09. The van der Waals surface area contributed by atoms with Crippen LogP contribution in [0.3, 0.4) is 0 Å². The minimum absolute atomic E-state index is 0.232. The molecule has 3 rings (SSSR count). The first kappa shape index (κ1) is 20.2. The molecule has 2 amide bonds. The van der Waals surface area contributed by atoms with Crippen LogP contribution in [0, 0.1) is 0 Å². The van der Waals surface area contributed by atoms with E-state index in [0.717, 1.165) is 10.8 Å². The largest absolute Gasteiger partial charge is 0.490 e. The van der Waals surface area contributed by atoms with Gasteiger partial charge >= 0.3 is 0 Å². The second-order valence-electron chi connectivity index (χ2n) is 6.14. The van der Waals surface area contributed by atoms with Gasteiger partial charge in [0.25, 0.3) is 11.8 Å². The van der Waals surface area contributed by atoms with Crippen molar-refractivity contribution in [2.75, 3.05) is 26.9 Å². The van der Waals surface area contributed by atoms with E-state index in [-0.39, 0.29) is 6.61 Å². The number of amides is 2. The Bertz CT molecular complexity index is 990. The van der Waals surface area contributed by atoms with Crippen molar-refractivity contribution in [3.63, 3.8) is 0 Å². The molecule has 0 bridgehead atoms. The van der Waals surface area contributed by atoms with Crippen molar-refractivity contribution in [1.82, 2.24) is 10.9 Å². The summed E-state index contributed by atoms with van der Waals surface area (Å²) in [6.45, 7) is 0.482. The van der Waals surface area contributed by atoms with Crippen molar-refractivity contribution in [2.45, 2.75) is 0 Å². The van der Waals surface area contributed by atoms with E-state index in [1.165, 1.54) is 0 Å². The molecule has 0 aliphatic heterocycles. The number of para-hydroxylation sites is 1. The second kappa shape index (κ2) is 10.1. The summed E-state index contributed by atoms with van der Waals surface area (Å²) in [6, 6.07) is 20.2. The van der Waals surface area contributed by atoms with Gasteiger partial charge in [-0.25, -0.2) is 0 Å². The van der Waals surface area contributed by atoms with Gasteiger partial charge in [-0.15, -0.1) is 0 Å². The van der Waals surface area contributed by atoms with Gasteiger partial charge in [-0.2, -0.15) is 0 Å². The molecule has 0 aliphatic rings. The summed E-state index contributed by atoms with van der Waals surface area (Å²) in [5, 5.41) is 2.10. The lowest BCUT2D eigenvalue weighted by Gasteiger charge is -2.12. The monoisotopic (exact) mass is 394 g/mol. The minimum atomic E-state index is -0.489. The van der Waals surface area contributed by atoms with Crippen LogP contribution < -0.4 is 20.3 Å². The summed E-state index contributed by atoms with van der Waals surface area (Å²) in [7, 11) is 1.57. The maximum atomic E-state index is 12.3. The highest BCUT2D eigenvalue weighted by molar-refractivity contribution is 5.97. The molecule has 0 saturated carbocycles. The number of fused-ring (bicyclic) bond motifs is 1. The summed E-state index contributed by atoms with van der Waals surface area (Å²) < 4.78 is 16.0. The molecule has 150 valence electrons. The SMILES string of the molecule is COCCOc1ccccc1C(=O)NNC(=O)COc1ccc2ccccc2c1. The van der Waals surface area contributed by atoms with Crippen LogP contribution in [0.4, 0.5) is 0 Å². The van der Waals surface area contributed by atoms with Crippen LogP contribution in [0.5, 0.6) is 11.5 Å². The van der Waals surface area contributed by atoms with E-state index in [4.69, 9.17) is 14.2 Å². The molecule has 0 fully saturated rings. The molecule has 29 heavy (non-hydrogen) atoms. The predicted molar refractivity (Wildman–Crippen MR) is 109 cm³/mol. The van der Waals surface area contributed by atoms with Gasteiger partial charge in [-0.1, -0.05) is 42.5 Å². The van der Waals surface area contributed by atoms with Gasteiger partial charge < -0.3 is 14.2 Å². The van der Waals surface area contributed by atoms with E-state index in [2.05, 4.69) is 10.9 Å². The molecule has 0 unspecified atom stereocenters. The average Bonchev–Trinajstić information content (AvgIpc) is 2.76. The maximum absolute atomic E-state index is 12.3. The number of carbonyl (C=O) groups excluding carboxylic acids is 2. The zero-order chi connectivity index (χ0) is 20.5. The molecule has 0 aliphatic carbocycles. The molecule has 0 aromatic heterocycles. The van der Waals surface area contributed by atoms with Crippen LogP contribution in [0.1, 0.15) is 10.4 Å². The zero-order valence-electron chi connectivity index (χ0n) is 16.0. The van der Waals surface area contributed by atoms with Gasteiger partial charge in [0.1, 0.15) is 18.1 Å². The van der Waals surface area contributed by atoms with Crippen LogP contribution in [0.15, 0.2) is 66.7 Å².